The fraction of sp³-hybridized carbons (Fsp3) is 0.308. The number of hydrogen-bond donors (Lipinski definition) is 1. The summed E-state index contributed by atoms with van der Waals surface area (Å²) in [6, 6.07) is 21.0. The van der Waals surface area contributed by atoms with Crippen LogP contribution in [0.25, 0.3) is 0 Å². The van der Waals surface area contributed by atoms with E-state index in [4.69, 9.17) is 4.42 Å². The SMILES string of the molecule is CCCN(CC(=O)N(Cc1ccccc1)Cc1ccco1)C(=O)Nc1cccc(CC)c1. The first-order valence-corrected chi connectivity index (χ1v) is 11.1. The molecule has 1 aromatic heterocycles. The van der Waals surface area contributed by atoms with Gasteiger partial charge in [-0.25, -0.2) is 4.79 Å². The van der Waals surface area contributed by atoms with Crippen molar-refractivity contribution >= 4 is 17.6 Å². The third kappa shape index (κ3) is 6.74. The second-order valence-electron chi connectivity index (χ2n) is 7.72. The molecule has 3 amide bonds. The van der Waals surface area contributed by atoms with Crippen LogP contribution in [0.3, 0.4) is 0 Å². The number of rotatable bonds is 10. The van der Waals surface area contributed by atoms with Crippen LogP contribution < -0.4 is 5.32 Å². The Morgan fingerprint density at radius 2 is 1.66 bits per heavy atom. The minimum atomic E-state index is -0.272. The molecule has 6 heteroatoms. The summed E-state index contributed by atoms with van der Waals surface area (Å²) in [5, 5.41) is 2.94. The summed E-state index contributed by atoms with van der Waals surface area (Å²) < 4.78 is 5.47. The molecule has 0 bridgehead atoms. The quantitative estimate of drug-likeness (QED) is 0.471. The molecule has 32 heavy (non-hydrogen) atoms. The number of nitrogens with one attached hydrogen (secondary N) is 1. The predicted molar refractivity (Wildman–Crippen MR) is 126 cm³/mol. The average molecular weight is 434 g/mol. The summed E-state index contributed by atoms with van der Waals surface area (Å²) in [6.07, 6.45) is 3.25. The lowest BCUT2D eigenvalue weighted by atomic mass is 10.1. The number of anilines is 1. The number of aryl methyl sites for hydroxylation is 1. The number of carbonyl (C=O) groups excluding carboxylic acids is 2. The fourth-order valence-corrected chi connectivity index (χ4v) is 3.48. The summed E-state index contributed by atoms with van der Waals surface area (Å²) in [5.41, 5.74) is 2.91. The van der Waals surface area contributed by atoms with E-state index in [9.17, 15) is 9.59 Å². The Balaban J connectivity index is 1.71. The lowest BCUT2D eigenvalue weighted by molar-refractivity contribution is -0.133. The number of urea groups is 1. The Morgan fingerprint density at radius 3 is 2.34 bits per heavy atom. The molecular weight excluding hydrogens is 402 g/mol. The molecule has 3 aromatic rings. The van der Waals surface area contributed by atoms with E-state index in [1.165, 1.54) is 0 Å². The highest BCUT2D eigenvalue weighted by molar-refractivity contribution is 5.92. The van der Waals surface area contributed by atoms with Crippen LogP contribution in [-0.2, 0) is 24.3 Å². The maximum atomic E-state index is 13.3. The van der Waals surface area contributed by atoms with Crippen molar-refractivity contribution in [2.24, 2.45) is 0 Å². The molecule has 0 aliphatic carbocycles. The lowest BCUT2D eigenvalue weighted by Gasteiger charge is -2.27. The number of benzene rings is 2. The van der Waals surface area contributed by atoms with E-state index < -0.39 is 0 Å². The van der Waals surface area contributed by atoms with Crippen molar-refractivity contribution in [3.05, 3.63) is 89.9 Å². The van der Waals surface area contributed by atoms with Crippen molar-refractivity contribution in [1.82, 2.24) is 9.80 Å². The van der Waals surface area contributed by atoms with Gasteiger partial charge in [-0.2, -0.15) is 0 Å². The van der Waals surface area contributed by atoms with Crippen molar-refractivity contribution in [3.63, 3.8) is 0 Å². The average Bonchev–Trinajstić information content (AvgIpc) is 3.32. The van der Waals surface area contributed by atoms with Crippen molar-refractivity contribution in [3.8, 4) is 0 Å². The van der Waals surface area contributed by atoms with Gasteiger partial charge in [0.25, 0.3) is 0 Å². The van der Waals surface area contributed by atoms with Gasteiger partial charge >= 0.3 is 6.03 Å². The summed E-state index contributed by atoms with van der Waals surface area (Å²) >= 11 is 0. The highest BCUT2D eigenvalue weighted by atomic mass is 16.3. The Morgan fingerprint density at radius 1 is 0.875 bits per heavy atom. The van der Waals surface area contributed by atoms with Crippen LogP contribution in [0.2, 0.25) is 0 Å². The first-order chi connectivity index (χ1) is 15.6. The molecule has 0 saturated heterocycles. The summed E-state index contributed by atoms with van der Waals surface area (Å²) in [6.45, 7) is 5.35. The Kier molecular flexibility index (Phi) is 8.49. The molecule has 0 aliphatic rings. The molecule has 1 N–H and O–H groups in total. The molecule has 6 nitrogen and oxygen atoms in total. The molecule has 1 heterocycles. The molecule has 0 radical (unpaired) electrons. The summed E-state index contributed by atoms with van der Waals surface area (Å²) in [7, 11) is 0. The third-order valence-corrected chi connectivity index (χ3v) is 5.19. The minimum absolute atomic E-state index is 0.000679. The van der Waals surface area contributed by atoms with Crippen LogP contribution in [0.1, 0.15) is 37.2 Å². The van der Waals surface area contributed by atoms with Crippen LogP contribution in [0.5, 0.6) is 0 Å². The maximum Gasteiger partial charge on any atom is 0.322 e. The van der Waals surface area contributed by atoms with Gasteiger partial charge < -0.3 is 19.5 Å². The molecule has 3 rings (SSSR count). The number of amides is 3. The summed E-state index contributed by atoms with van der Waals surface area (Å²) in [4.78, 5) is 29.5. The van der Waals surface area contributed by atoms with Crippen LogP contribution in [0, 0.1) is 0 Å². The molecule has 0 fully saturated rings. The Hall–Kier alpha value is -3.54. The van der Waals surface area contributed by atoms with Gasteiger partial charge in [0.05, 0.1) is 12.8 Å². The van der Waals surface area contributed by atoms with E-state index in [0.717, 1.165) is 29.7 Å². The standard InChI is InChI=1S/C26H31N3O3/c1-3-15-28(26(31)27-23-13-8-12-21(4-2)17-23)20-25(30)29(19-24-14-9-16-32-24)18-22-10-6-5-7-11-22/h5-14,16-17H,3-4,15,18-20H2,1-2H3,(H,27,31). The molecule has 0 spiro atoms. The molecule has 168 valence electrons. The van der Waals surface area contributed by atoms with Gasteiger partial charge in [0, 0.05) is 18.8 Å². The summed E-state index contributed by atoms with van der Waals surface area (Å²) in [5.74, 6) is 0.577. The van der Waals surface area contributed by atoms with E-state index >= 15 is 0 Å². The van der Waals surface area contributed by atoms with Crippen molar-refractivity contribution in [1.29, 1.82) is 0 Å². The Labute approximate surface area is 189 Å². The molecular formula is C26H31N3O3. The number of nitrogens with zero attached hydrogens (tertiary/aromatic N) is 2. The fourth-order valence-electron chi connectivity index (χ4n) is 3.48. The highest BCUT2D eigenvalue weighted by Gasteiger charge is 2.22. The van der Waals surface area contributed by atoms with Gasteiger partial charge in [-0.15, -0.1) is 0 Å². The van der Waals surface area contributed by atoms with Crippen LogP contribution in [-0.4, -0.2) is 34.8 Å². The van der Waals surface area contributed by atoms with E-state index in [2.05, 4.69) is 12.2 Å². The first kappa shape index (κ1) is 23.1. The smallest absolute Gasteiger partial charge is 0.322 e. The van der Waals surface area contributed by atoms with Gasteiger partial charge in [0.15, 0.2) is 0 Å². The van der Waals surface area contributed by atoms with Gasteiger partial charge in [-0.1, -0.05) is 56.3 Å². The van der Waals surface area contributed by atoms with Crippen LogP contribution >= 0.6 is 0 Å². The topological polar surface area (TPSA) is 65.8 Å². The van der Waals surface area contributed by atoms with E-state index in [1.807, 2.05) is 73.7 Å². The van der Waals surface area contributed by atoms with Gasteiger partial charge in [0.1, 0.15) is 12.3 Å². The van der Waals surface area contributed by atoms with Crippen molar-refractivity contribution in [2.45, 2.75) is 39.8 Å². The van der Waals surface area contributed by atoms with E-state index in [1.54, 1.807) is 16.1 Å². The van der Waals surface area contributed by atoms with E-state index in [0.29, 0.717) is 25.4 Å². The number of hydrogen-bond acceptors (Lipinski definition) is 3. The Bertz CT molecular complexity index is 987. The van der Waals surface area contributed by atoms with E-state index in [-0.39, 0.29) is 18.5 Å². The number of carbonyl (C=O) groups is 2. The largest absolute Gasteiger partial charge is 0.467 e. The first-order valence-electron chi connectivity index (χ1n) is 11.1. The van der Waals surface area contributed by atoms with Crippen molar-refractivity contribution in [2.75, 3.05) is 18.4 Å². The third-order valence-electron chi connectivity index (χ3n) is 5.19. The van der Waals surface area contributed by atoms with Crippen LogP contribution in [0.4, 0.5) is 10.5 Å². The second kappa shape index (κ2) is 11.7. The van der Waals surface area contributed by atoms with Crippen LogP contribution in [0.15, 0.2) is 77.4 Å². The predicted octanol–water partition coefficient (Wildman–Crippen LogP) is 5.31. The maximum absolute atomic E-state index is 13.3. The normalized spacial score (nSPS) is 10.6. The second-order valence-corrected chi connectivity index (χ2v) is 7.72. The molecule has 0 atom stereocenters. The molecule has 2 aromatic carbocycles. The number of furan rings is 1. The zero-order valence-electron chi connectivity index (χ0n) is 18.8. The van der Waals surface area contributed by atoms with Gasteiger partial charge in [-0.05, 0) is 48.2 Å². The monoisotopic (exact) mass is 433 g/mol. The highest BCUT2D eigenvalue weighted by Crippen LogP contribution is 2.14. The van der Waals surface area contributed by atoms with Crippen molar-refractivity contribution < 1.29 is 14.0 Å². The molecule has 0 aliphatic heterocycles. The van der Waals surface area contributed by atoms with Gasteiger partial charge in [-0.3, -0.25) is 4.79 Å². The zero-order valence-corrected chi connectivity index (χ0v) is 18.8. The zero-order chi connectivity index (χ0) is 22.8. The lowest BCUT2D eigenvalue weighted by Crippen LogP contribution is -2.44. The molecule has 0 saturated carbocycles. The van der Waals surface area contributed by atoms with Gasteiger partial charge in [0.2, 0.25) is 5.91 Å². The minimum Gasteiger partial charge on any atom is -0.467 e. The molecule has 0 unspecified atom stereocenters.